The Morgan fingerprint density at radius 2 is 1.73 bits per heavy atom. The van der Waals surface area contributed by atoms with Crippen LogP contribution in [0, 0.1) is 6.92 Å². The lowest BCUT2D eigenvalue weighted by molar-refractivity contribution is 0.541. The number of piperazine rings is 1. The number of para-hydroxylation sites is 2. The van der Waals surface area contributed by atoms with E-state index >= 15 is 0 Å². The average Bonchev–Trinajstić information content (AvgIpc) is 3.25. The van der Waals surface area contributed by atoms with Gasteiger partial charge < -0.3 is 14.2 Å². The number of aryl methyl sites for hydroxylation is 2. The molecule has 1 aromatic carbocycles. The van der Waals surface area contributed by atoms with Crippen LogP contribution < -0.4 is 9.80 Å². The third-order valence-corrected chi connectivity index (χ3v) is 4.82. The van der Waals surface area contributed by atoms with Gasteiger partial charge in [-0.15, -0.1) is 0 Å². The maximum Gasteiger partial charge on any atom is 0.298 e. The summed E-state index contributed by atoms with van der Waals surface area (Å²) in [5.41, 5.74) is 2.59. The van der Waals surface area contributed by atoms with Crippen molar-refractivity contribution in [2.24, 2.45) is 7.05 Å². The number of hydrogen-bond acceptors (Lipinski definition) is 7. The summed E-state index contributed by atoms with van der Waals surface area (Å²) >= 11 is 0. The molecule has 1 aliphatic rings. The first-order valence-corrected chi connectivity index (χ1v) is 8.71. The summed E-state index contributed by atoms with van der Waals surface area (Å²) in [7, 11) is 1.91. The van der Waals surface area contributed by atoms with Crippen LogP contribution in [-0.2, 0) is 7.05 Å². The first kappa shape index (κ1) is 15.1. The molecule has 0 atom stereocenters. The molecule has 4 aromatic rings. The van der Waals surface area contributed by atoms with Gasteiger partial charge in [0.2, 0.25) is 0 Å². The van der Waals surface area contributed by atoms with E-state index in [0.717, 1.165) is 60.0 Å². The lowest BCUT2D eigenvalue weighted by atomic mass is 10.3. The second kappa shape index (κ2) is 5.69. The zero-order valence-electron chi connectivity index (χ0n) is 14.8. The van der Waals surface area contributed by atoms with Crippen molar-refractivity contribution in [1.29, 1.82) is 0 Å². The summed E-state index contributed by atoms with van der Waals surface area (Å²) in [4.78, 5) is 18.3. The molecule has 8 heteroatoms. The molecule has 1 saturated heterocycles. The highest BCUT2D eigenvalue weighted by molar-refractivity contribution is 5.87. The van der Waals surface area contributed by atoms with Crippen molar-refractivity contribution in [2.75, 3.05) is 36.0 Å². The fourth-order valence-corrected chi connectivity index (χ4v) is 3.46. The largest absolute Gasteiger partial charge is 0.423 e. The predicted molar refractivity (Wildman–Crippen MR) is 99.5 cm³/mol. The number of aromatic nitrogens is 5. The van der Waals surface area contributed by atoms with Crippen LogP contribution in [0.4, 0.5) is 11.8 Å². The van der Waals surface area contributed by atoms with Gasteiger partial charge in [0.15, 0.2) is 11.2 Å². The van der Waals surface area contributed by atoms with Crippen molar-refractivity contribution in [3.05, 3.63) is 36.3 Å². The van der Waals surface area contributed by atoms with Crippen LogP contribution in [-0.4, -0.2) is 50.9 Å². The van der Waals surface area contributed by atoms with Gasteiger partial charge in [-0.3, -0.25) is 4.68 Å². The molecule has 1 fully saturated rings. The molecule has 4 heterocycles. The normalized spacial score (nSPS) is 15.3. The lowest BCUT2D eigenvalue weighted by Crippen LogP contribution is -2.47. The minimum Gasteiger partial charge on any atom is -0.423 e. The Hall–Kier alpha value is -3.16. The monoisotopic (exact) mass is 349 g/mol. The van der Waals surface area contributed by atoms with Crippen LogP contribution in [0.3, 0.4) is 0 Å². The van der Waals surface area contributed by atoms with Crippen molar-refractivity contribution >= 4 is 34.0 Å². The molecule has 26 heavy (non-hydrogen) atoms. The average molecular weight is 349 g/mol. The number of oxazole rings is 1. The van der Waals surface area contributed by atoms with Crippen LogP contribution in [0.25, 0.3) is 22.1 Å². The number of fused-ring (bicyclic) bond motifs is 2. The number of nitrogens with zero attached hydrogens (tertiary/aromatic N) is 7. The quantitative estimate of drug-likeness (QED) is 0.549. The molecule has 0 aliphatic carbocycles. The third kappa shape index (κ3) is 2.37. The van der Waals surface area contributed by atoms with E-state index in [2.05, 4.69) is 29.9 Å². The number of hydrogen-bond donors (Lipinski definition) is 0. The Bertz CT molecular complexity index is 1060. The van der Waals surface area contributed by atoms with Gasteiger partial charge in [0, 0.05) is 33.2 Å². The molecule has 0 radical (unpaired) electrons. The Morgan fingerprint density at radius 1 is 0.962 bits per heavy atom. The number of rotatable bonds is 2. The Balaban J connectivity index is 1.40. The molecule has 0 spiro atoms. The molecule has 0 bridgehead atoms. The van der Waals surface area contributed by atoms with E-state index in [1.807, 2.05) is 44.4 Å². The highest BCUT2D eigenvalue weighted by atomic mass is 16.4. The maximum atomic E-state index is 5.90. The fraction of sp³-hybridized carbons (Fsp3) is 0.333. The molecule has 1 aliphatic heterocycles. The molecule has 0 saturated carbocycles. The number of benzene rings is 1. The molecular weight excluding hydrogens is 330 g/mol. The van der Waals surface area contributed by atoms with Gasteiger partial charge in [-0.25, -0.2) is 9.97 Å². The van der Waals surface area contributed by atoms with E-state index in [-0.39, 0.29) is 0 Å². The molecule has 0 unspecified atom stereocenters. The van der Waals surface area contributed by atoms with Crippen molar-refractivity contribution in [3.63, 3.8) is 0 Å². The SMILES string of the molecule is Cc1nc(N2CCN(c3nc4ccccc4o3)CC2)c2cnn(C)c2n1. The molecule has 0 N–H and O–H groups in total. The summed E-state index contributed by atoms with van der Waals surface area (Å²) in [6.07, 6.45) is 1.84. The van der Waals surface area contributed by atoms with Gasteiger partial charge in [-0.2, -0.15) is 10.1 Å². The minimum atomic E-state index is 0.691. The van der Waals surface area contributed by atoms with Gasteiger partial charge in [0.25, 0.3) is 6.01 Å². The molecule has 3 aromatic heterocycles. The number of anilines is 2. The highest BCUT2D eigenvalue weighted by Gasteiger charge is 2.24. The van der Waals surface area contributed by atoms with E-state index in [4.69, 9.17) is 4.42 Å². The van der Waals surface area contributed by atoms with Gasteiger partial charge in [0.1, 0.15) is 17.2 Å². The summed E-state index contributed by atoms with van der Waals surface area (Å²) in [5, 5.41) is 5.33. The first-order valence-electron chi connectivity index (χ1n) is 8.71. The topological polar surface area (TPSA) is 76.1 Å². The molecule has 0 amide bonds. The van der Waals surface area contributed by atoms with Crippen LogP contribution in [0.15, 0.2) is 34.9 Å². The van der Waals surface area contributed by atoms with Crippen molar-refractivity contribution in [3.8, 4) is 0 Å². The van der Waals surface area contributed by atoms with Gasteiger partial charge in [-0.05, 0) is 19.1 Å². The smallest absolute Gasteiger partial charge is 0.298 e. The van der Waals surface area contributed by atoms with E-state index < -0.39 is 0 Å². The summed E-state index contributed by atoms with van der Waals surface area (Å²) in [5.74, 6) is 1.72. The van der Waals surface area contributed by atoms with Crippen molar-refractivity contribution < 1.29 is 4.42 Å². The minimum absolute atomic E-state index is 0.691. The van der Waals surface area contributed by atoms with E-state index in [0.29, 0.717) is 6.01 Å². The molecule has 132 valence electrons. The van der Waals surface area contributed by atoms with E-state index in [1.165, 1.54) is 0 Å². The second-order valence-corrected chi connectivity index (χ2v) is 6.54. The summed E-state index contributed by atoms with van der Waals surface area (Å²) in [6, 6.07) is 8.55. The first-order chi connectivity index (χ1) is 12.7. The highest BCUT2D eigenvalue weighted by Crippen LogP contribution is 2.27. The van der Waals surface area contributed by atoms with E-state index in [1.54, 1.807) is 4.68 Å². The van der Waals surface area contributed by atoms with Crippen LogP contribution >= 0.6 is 0 Å². The van der Waals surface area contributed by atoms with Crippen LogP contribution in [0.5, 0.6) is 0 Å². The van der Waals surface area contributed by atoms with Crippen LogP contribution in [0.1, 0.15) is 5.82 Å². The van der Waals surface area contributed by atoms with Gasteiger partial charge in [0.05, 0.1) is 11.6 Å². The van der Waals surface area contributed by atoms with Gasteiger partial charge in [-0.1, -0.05) is 12.1 Å². The Labute approximate surface area is 150 Å². The summed E-state index contributed by atoms with van der Waals surface area (Å²) in [6.45, 7) is 5.28. The van der Waals surface area contributed by atoms with Gasteiger partial charge >= 0.3 is 0 Å². The summed E-state index contributed by atoms with van der Waals surface area (Å²) < 4.78 is 7.69. The predicted octanol–water partition coefficient (Wildman–Crippen LogP) is 2.14. The molecule has 5 rings (SSSR count). The lowest BCUT2D eigenvalue weighted by Gasteiger charge is -2.34. The zero-order valence-corrected chi connectivity index (χ0v) is 14.8. The molecular formula is C18H19N7O. The second-order valence-electron chi connectivity index (χ2n) is 6.54. The third-order valence-electron chi connectivity index (χ3n) is 4.82. The van der Waals surface area contributed by atoms with Crippen molar-refractivity contribution in [2.45, 2.75) is 6.92 Å². The molecule has 8 nitrogen and oxygen atoms in total. The van der Waals surface area contributed by atoms with Crippen molar-refractivity contribution in [1.82, 2.24) is 24.7 Å². The Kier molecular flexibility index (Phi) is 3.31. The zero-order chi connectivity index (χ0) is 17.7. The maximum absolute atomic E-state index is 5.90. The van der Waals surface area contributed by atoms with E-state index in [9.17, 15) is 0 Å². The fourth-order valence-electron chi connectivity index (χ4n) is 3.46. The standard InChI is InChI=1S/C18H19N7O/c1-12-20-16-13(11-19-23(16)2)17(21-12)24-7-9-25(10-8-24)18-22-14-5-3-4-6-15(14)26-18/h3-6,11H,7-10H2,1-2H3. The van der Waals surface area contributed by atoms with Crippen LogP contribution in [0.2, 0.25) is 0 Å². The Morgan fingerprint density at radius 3 is 2.54 bits per heavy atom.